The van der Waals surface area contributed by atoms with Crippen molar-refractivity contribution in [2.45, 2.75) is 0 Å². The zero-order chi connectivity index (χ0) is 49.3. The molecule has 5 heterocycles. The van der Waals surface area contributed by atoms with Gasteiger partial charge < -0.3 is 9.97 Å². The molecule has 0 aliphatic carbocycles. The fourth-order valence-electron chi connectivity index (χ4n) is 7.41. The van der Waals surface area contributed by atoms with E-state index in [0.717, 1.165) is 0 Å². The highest BCUT2D eigenvalue weighted by molar-refractivity contribution is 5.98. The van der Waals surface area contributed by atoms with Gasteiger partial charge in [0.25, 0.3) is 0 Å². The topological polar surface area (TPSA) is 57.4 Å². The van der Waals surface area contributed by atoms with Crippen molar-refractivity contribution >= 4 is 45.4 Å². The lowest BCUT2D eigenvalue weighted by Gasteiger charge is -2.09. The molecule has 0 atom stereocenters. The molecule has 0 spiro atoms. The van der Waals surface area contributed by atoms with Crippen molar-refractivity contribution in [3.8, 4) is 22.3 Å². The fourth-order valence-corrected chi connectivity index (χ4v) is 7.41. The van der Waals surface area contributed by atoms with E-state index in [-0.39, 0.29) is 0 Å². The predicted octanol–water partition coefficient (Wildman–Crippen LogP) is 13.6. The van der Waals surface area contributed by atoms with Crippen LogP contribution in [-0.4, -0.2) is 19.9 Å². The van der Waals surface area contributed by atoms with Gasteiger partial charge in [-0.1, -0.05) is 0 Å². The maximum absolute atomic E-state index is 15.4. The second kappa shape index (κ2) is 15.9. The maximum Gasteiger partial charge on any atom is 0.200 e. The highest BCUT2D eigenvalue weighted by Gasteiger charge is 2.34. The number of halogens is 20. The summed E-state index contributed by atoms with van der Waals surface area (Å²) in [5.74, 6) is -50.6. The Kier molecular flexibility index (Phi) is 10.6. The average Bonchev–Trinajstić information content (AvgIpc) is 4.10. The molecule has 3 aromatic heterocycles. The van der Waals surface area contributed by atoms with Crippen LogP contribution in [0.25, 0.3) is 67.6 Å². The van der Waals surface area contributed by atoms with E-state index < -0.39 is 206 Å². The molecule has 24 heteroatoms. The lowest BCUT2D eigenvalue weighted by Crippen LogP contribution is -2.06. The number of nitrogens with one attached hydrogen (secondary N) is 2. The van der Waals surface area contributed by atoms with Crippen molar-refractivity contribution in [1.29, 1.82) is 0 Å². The average molecular weight is 975 g/mol. The highest BCUT2D eigenvalue weighted by atomic mass is 19.2. The summed E-state index contributed by atoms with van der Waals surface area (Å²) in [5, 5.41) is 0. The van der Waals surface area contributed by atoms with Gasteiger partial charge in [0.05, 0.1) is 45.0 Å². The van der Waals surface area contributed by atoms with Crippen LogP contribution in [0.5, 0.6) is 0 Å². The molecule has 0 amide bonds. The van der Waals surface area contributed by atoms with Crippen LogP contribution in [0.3, 0.4) is 0 Å². The lowest BCUT2D eigenvalue weighted by molar-refractivity contribution is 0.376. The summed E-state index contributed by atoms with van der Waals surface area (Å²) in [6.07, 6.45) is 1.09. The Bertz CT molecular complexity index is 3340. The van der Waals surface area contributed by atoms with Crippen LogP contribution in [-0.2, 0) is 0 Å². The van der Waals surface area contributed by atoms with E-state index in [0.29, 0.717) is 48.6 Å². The molecule has 0 unspecified atom stereocenters. The molecular formula is C44H10F20N4. The first-order valence-electron chi connectivity index (χ1n) is 18.3. The standard InChI is InChI=1S/C44H10F20N4/c45-25-21(26(46)34(54)41(61)33(25)53)13-1-9-5-18-14(22-27(47)35(55)42(62)36(56)28(22)48)3-11(66-18)7-20-16(24-31(51)39(59)44(64)40(60)32(24)52)4-12(68-20)8-19-15(2-10(67-19)6-17(13)65-9)23-29(49)37(57)43(63)38(58)30(23)50/h1-8,65,68H. The van der Waals surface area contributed by atoms with Gasteiger partial charge in [-0.3, -0.25) is 0 Å². The Labute approximate surface area is 361 Å². The van der Waals surface area contributed by atoms with Crippen LogP contribution in [0.15, 0.2) is 36.4 Å². The maximum atomic E-state index is 15.4. The molecule has 0 saturated carbocycles. The third-order valence-corrected chi connectivity index (χ3v) is 10.5. The summed E-state index contributed by atoms with van der Waals surface area (Å²) in [6, 6.07) is 3.61. The van der Waals surface area contributed by atoms with Crippen LogP contribution in [0.2, 0.25) is 0 Å². The zero-order valence-corrected chi connectivity index (χ0v) is 32.1. The van der Waals surface area contributed by atoms with Gasteiger partial charge in [0, 0.05) is 44.3 Å². The summed E-state index contributed by atoms with van der Waals surface area (Å²) in [4.78, 5) is 12.8. The number of aromatic nitrogens is 4. The van der Waals surface area contributed by atoms with E-state index in [1.807, 2.05) is 0 Å². The Morgan fingerprint density at radius 2 is 0.500 bits per heavy atom. The third kappa shape index (κ3) is 6.70. The van der Waals surface area contributed by atoms with Gasteiger partial charge >= 0.3 is 0 Å². The minimum atomic E-state index is -2.64. The molecule has 9 rings (SSSR count). The third-order valence-electron chi connectivity index (χ3n) is 10.5. The number of fused-ring (bicyclic) bond motifs is 8. The normalized spacial score (nSPS) is 12.6. The monoisotopic (exact) mass is 974 g/mol. The lowest BCUT2D eigenvalue weighted by atomic mass is 10.00. The second-order valence-corrected chi connectivity index (χ2v) is 14.4. The number of H-pyrrole nitrogens is 2. The number of nitrogens with zero attached hydrogens (tertiary/aromatic N) is 2. The molecule has 2 N–H and O–H groups in total. The molecule has 0 fully saturated rings. The summed E-state index contributed by atoms with van der Waals surface area (Å²) in [5.41, 5.74) is -17.1. The molecule has 0 saturated heterocycles. The summed E-state index contributed by atoms with van der Waals surface area (Å²) >= 11 is 0. The molecule has 68 heavy (non-hydrogen) atoms. The number of aromatic amines is 2. The molecule has 346 valence electrons. The molecule has 8 bridgehead atoms. The summed E-state index contributed by atoms with van der Waals surface area (Å²) < 4.78 is 297. The first-order chi connectivity index (χ1) is 32.0. The van der Waals surface area contributed by atoms with Crippen LogP contribution in [0, 0.1) is 116 Å². The van der Waals surface area contributed by atoms with Crippen molar-refractivity contribution in [2.75, 3.05) is 0 Å². The summed E-state index contributed by atoms with van der Waals surface area (Å²) in [6.45, 7) is 0. The Morgan fingerprint density at radius 3 is 0.765 bits per heavy atom. The number of hydrogen-bond donors (Lipinski definition) is 2. The van der Waals surface area contributed by atoms with Crippen molar-refractivity contribution in [1.82, 2.24) is 19.9 Å². The number of rotatable bonds is 4. The zero-order valence-electron chi connectivity index (χ0n) is 32.1. The molecule has 2 aliphatic rings. The summed E-state index contributed by atoms with van der Waals surface area (Å²) in [7, 11) is 0. The van der Waals surface area contributed by atoms with E-state index in [9.17, 15) is 52.7 Å². The quantitative estimate of drug-likeness (QED) is 0.105. The van der Waals surface area contributed by atoms with Gasteiger partial charge in [-0.25, -0.2) is 97.8 Å². The minimum absolute atomic E-state index is 0.543. The Hall–Kier alpha value is -7.92. The van der Waals surface area contributed by atoms with Crippen molar-refractivity contribution in [3.63, 3.8) is 0 Å². The first kappa shape index (κ1) is 45.2. The van der Waals surface area contributed by atoms with Gasteiger partial charge in [0.15, 0.2) is 93.1 Å². The second-order valence-electron chi connectivity index (χ2n) is 14.4. The van der Waals surface area contributed by atoms with Crippen LogP contribution < -0.4 is 0 Å². The van der Waals surface area contributed by atoms with Crippen LogP contribution >= 0.6 is 0 Å². The van der Waals surface area contributed by atoms with Crippen molar-refractivity contribution in [3.05, 3.63) is 187 Å². The van der Waals surface area contributed by atoms with Crippen LogP contribution in [0.4, 0.5) is 87.8 Å². The highest BCUT2D eigenvalue weighted by Crippen LogP contribution is 2.42. The SMILES string of the molecule is Fc1c(F)c(F)c(C2=Cc3cc4[nH]c(cc5nc(cc6[nH]c(cc2n3)cc6-c2c(F)c(F)c(F)c(F)c2F)C=C5c2c(F)c(F)c(F)c(F)c2F)cc4-c2c(F)c(F)c(F)c(F)c2F)c(F)c1F. The molecule has 2 aliphatic heterocycles. The van der Waals surface area contributed by atoms with Crippen molar-refractivity contribution < 1.29 is 87.8 Å². The predicted molar refractivity (Wildman–Crippen MR) is 198 cm³/mol. The van der Waals surface area contributed by atoms with E-state index >= 15 is 35.1 Å². The fraction of sp³-hybridized carbons (Fsp3) is 0. The van der Waals surface area contributed by atoms with Crippen molar-refractivity contribution in [2.24, 2.45) is 0 Å². The molecule has 4 aromatic carbocycles. The van der Waals surface area contributed by atoms with Gasteiger partial charge in [0.1, 0.15) is 0 Å². The molecule has 4 nitrogen and oxygen atoms in total. The molecule has 0 radical (unpaired) electrons. The Morgan fingerprint density at radius 1 is 0.265 bits per heavy atom. The molecule has 7 aromatic rings. The molecular weight excluding hydrogens is 964 g/mol. The first-order valence-corrected chi connectivity index (χ1v) is 18.3. The minimum Gasteiger partial charge on any atom is -0.355 e. The van der Waals surface area contributed by atoms with E-state index in [1.165, 1.54) is 0 Å². The van der Waals surface area contributed by atoms with E-state index in [4.69, 9.17) is 0 Å². The Balaban J connectivity index is 1.48. The van der Waals surface area contributed by atoms with E-state index in [2.05, 4.69) is 19.9 Å². The van der Waals surface area contributed by atoms with Gasteiger partial charge in [-0.2, -0.15) is 0 Å². The van der Waals surface area contributed by atoms with Gasteiger partial charge in [-0.05, 0) is 48.6 Å². The van der Waals surface area contributed by atoms with Crippen LogP contribution in [0.1, 0.15) is 33.9 Å². The smallest absolute Gasteiger partial charge is 0.200 e. The number of benzene rings is 4. The van der Waals surface area contributed by atoms with E-state index in [1.54, 1.807) is 0 Å². The van der Waals surface area contributed by atoms with Gasteiger partial charge in [-0.15, -0.1) is 0 Å². The largest absolute Gasteiger partial charge is 0.355 e. The van der Waals surface area contributed by atoms with Gasteiger partial charge in [0.2, 0.25) is 23.3 Å². The number of hydrogen-bond acceptors (Lipinski definition) is 2.